The van der Waals surface area contributed by atoms with Gasteiger partial charge in [-0.15, -0.1) is 0 Å². The number of rotatable bonds is 7. The van der Waals surface area contributed by atoms with Crippen LogP contribution in [0.2, 0.25) is 0 Å². The molecule has 0 amide bonds. The fraction of sp³-hybridized carbons (Fsp3) is 0.389. The first-order valence-corrected chi connectivity index (χ1v) is 11.2. The third kappa shape index (κ3) is 4.89. The standard InChI is InChI=1S/C18H23N9O2S/c1-26-9-11-27(12-10-26)18-23-16-15(20-6-7-21-16)17(24-18)22-8-13-30(28,29)25-14-4-2-3-5-19-14/h2-7H,8-13H2,1H3,(H,19,25)(H,21,22,23,24). The molecule has 1 fully saturated rings. The molecule has 0 atom stereocenters. The average molecular weight is 430 g/mol. The molecule has 0 aromatic carbocycles. The van der Waals surface area contributed by atoms with Gasteiger partial charge in [-0.25, -0.2) is 23.4 Å². The number of nitrogens with one attached hydrogen (secondary N) is 2. The van der Waals surface area contributed by atoms with Gasteiger partial charge in [0.15, 0.2) is 17.0 Å². The van der Waals surface area contributed by atoms with Crippen LogP contribution >= 0.6 is 0 Å². The molecule has 158 valence electrons. The van der Waals surface area contributed by atoms with Crippen LogP contribution in [0.3, 0.4) is 0 Å². The van der Waals surface area contributed by atoms with Gasteiger partial charge in [-0.05, 0) is 19.2 Å². The summed E-state index contributed by atoms with van der Waals surface area (Å²) >= 11 is 0. The summed E-state index contributed by atoms with van der Waals surface area (Å²) in [7, 11) is -1.49. The van der Waals surface area contributed by atoms with Crippen LogP contribution < -0.4 is 14.9 Å². The van der Waals surface area contributed by atoms with Gasteiger partial charge in [-0.1, -0.05) is 6.07 Å². The third-order valence-electron chi connectivity index (χ3n) is 4.70. The van der Waals surface area contributed by atoms with Crippen molar-refractivity contribution in [2.75, 3.05) is 60.5 Å². The summed E-state index contributed by atoms with van der Waals surface area (Å²) in [6, 6.07) is 5.04. The van der Waals surface area contributed by atoms with Crippen molar-refractivity contribution in [3.63, 3.8) is 0 Å². The Balaban J connectivity index is 1.49. The van der Waals surface area contributed by atoms with E-state index in [2.05, 4.69) is 51.8 Å². The van der Waals surface area contributed by atoms with E-state index in [9.17, 15) is 8.42 Å². The summed E-state index contributed by atoms with van der Waals surface area (Å²) in [5.74, 6) is 1.16. The molecule has 0 spiro atoms. The molecule has 0 bridgehead atoms. The highest BCUT2D eigenvalue weighted by molar-refractivity contribution is 7.92. The third-order valence-corrected chi connectivity index (χ3v) is 5.96. The van der Waals surface area contributed by atoms with Crippen molar-refractivity contribution in [1.29, 1.82) is 0 Å². The molecule has 0 unspecified atom stereocenters. The molecule has 1 saturated heterocycles. The molecule has 3 aromatic rings. The number of anilines is 3. The Morgan fingerprint density at radius 1 is 1.00 bits per heavy atom. The fourth-order valence-electron chi connectivity index (χ4n) is 3.06. The van der Waals surface area contributed by atoms with Crippen molar-refractivity contribution in [3.05, 3.63) is 36.8 Å². The molecular formula is C18H23N9O2S. The lowest BCUT2D eigenvalue weighted by atomic mass is 10.3. The Morgan fingerprint density at radius 2 is 1.80 bits per heavy atom. The van der Waals surface area contributed by atoms with Gasteiger partial charge in [0.1, 0.15) is 5.82 Å². The summed E-state index contributed by atoms with van der Waals surface area (Å²) in [5, 5.41) is 3.09. The first-order valence-electron chi connectivity index (χ1n) is 9.58. The Labute approximate surface area is 174 Å². The van der Waals surface area contributed by atoms with Gasteiger partial charge < -0.3 is 15.1 Å². The zero-order chi connectivity index (χ0) is 21.0. The molecule has 0 radical (unpaired) electrons. The minimum Gasteiger partial charge on any atom is -0.367 e. The zero-order valence-electron chi connectivity index (χ0n) is 16.6. The van der Waals surface area contributed by atoms with E-state index >= 15 is 0 Å². The number of piperazine rings is 1. The molecule has 3 aromatic heterocycles. The predicted octanol–water partition coefficient (Wildman–Crippen LogP) is 0.420. The minimum atomic E-state index is -3.57. The van der Waals surface area contributed by atoms with Crippen LogP contribution in [0, 0.1) is 0 Å². The molecule has 4 rings (SSSR count). The van der Waals surface area contributed by atoms with Crippen LogP contribution in [0.15, 0.2) is 36.8 Å². The van der Waals surface area contributed by atoms with Crippen molar-refractivity contribution >= 4 is 38.8 Å². The molecule has 11 nitrogen and oxygen atoms in total. The maximum atomic E-state index is 12.3. The van der Waals surface area contributed by atoms with Crippen molar-refractivity contribution < 1.29 is 8.42 Å². The minimum absolute atomic E-state index is 0.146. The first-order chi connectivity index (χ1) is 14.5. The molecular weight excluding hydrogens is 406 g/mol. The number of hydrogen-bond acceptors (Lipinski definition) is 10. The summed E-state index contributed by atoms with van der Waals surface area (Å²) in [4.78, 5) is 26.1. The van der Waals surface area contributed by atoms with Crippen LogP contribution in [0.5, 0.6) is 0 Å². The van der Waals surface area contributed by atoms with Crippen molar-refractivity contribution in [2.24, 2.45) is 0 Å². The summed E-state index contributed by atoms with van der Waals surface area (Å²) in [6.07, 6.45) is 4.67. The van der Waals surface area contributed by atoms with Crippen LogP contribution in [0.4, 0.5) is 17.6 Å². The lowest BCUT2D eigenvalue weighted by Crippen LogP contribution is -2.45. The van der Waals surface area contributed by atoms with E-state index < -0.39 is 10.0 Å². The predicted molar refractivity (Wildman–Crippen MR) is 115 cm³/mol. The normalized spacial score (nSPS) is 15.3. The number of aromatic nitrogens is 5. The highest BCUT2D eigenvalue weighted by Gasteiger charge is 2.19. The van der Waals surface area contributed by atoms with E-state index in [0.717, 1.165) is 26.2 Å². The second-order valence-corrected chi connectivity index (χ2v) is 8.80. The first kappa shape index (κ1) is 20.2. The highest BCUT2D eigenvalue weighted by atomic mass is 32.2. The quantitative estimate of drug-likeness (QED) is 0.545. The highest BCUT2D eigenvalue weighted by Crippen LogP contribution is 2.21. The van der Waals surface area contributed by atoms with Crippen molar-refractivity contribution in [1.82, 2.24) is 29.8 Å². The van der Waals surface area contributed by atoms with Crippen molar-refractivity contribution in [2.45, 2.75) is 0 Å². The van der Waals surface area contributed by atoms with E-state index in [1.165, 1.54) is 6.20 Å². The van der Waals surface area contributed by atoms with Crippen LogP contribution in [-0.4, -0.2) is 83.8 Å². The Hall–Kier alpha value is -3.12. The zero-order valence-corrected chi connectivity index (χ0v) is 17.4. The summed E-state index contributed by atoms with van der Waals surface area (Å²) in [5.41, 5.74) is 0.976. The molecule has 2 N–H and O–H groups in total. The number of fused-ring (bicyclic) bond motifs is 1. The number of pyridine rings is 1. The van der Waals surface area contributed by atoms with Gasteiger partial charge in [0, 0.05) is 51.3 Å². The Kier molecular flexibility index (Phi) is 5.86. The maximum absolute atomic E-state index is 12.3. The lowest BCUT2D eigenvalue weighted by molar-refractivity contribution is 0.311. The van der Waals surface area contributed by atoms with Gasteiger partial charge in [0.25, 0.3) is 0 Å². The number of sulfonamides is 1. The summed E-state index contributed by atoms with van der Waals surface area (Å²) in [6.45, 7) is 3.60. The SMILES string of the molecule is CN1CCN(c2nc(NCCS(=O)(=O)Nc3ccccn3)c3nccnc3n2)CC1. The number of nitrogens with zero attached hydrogens (tertiary/aromatic N) is 7. The largest absolute Gasteiger partial charge is 0.367 e. The molecule has 4 heterocycles. The van der Waals surface area contributed by atoms with E-state index in [0.29, 0.717) is 22.9 Å². The fourth-order valence-corrected chi connectivity index (χ4v) is 3.97. The smallest absolute Gasteiger partial charge is 0.235 e. The molecule has 0 aliphatic carbocycles. The molecule has 1 aliphatic heterocycles. The second kappa shape index (κ2) is 8.71. The van der Waals surface area contributed by atoms with E-state index in [4.69, 9.17) is 0 Å². The molecule has 30 heavy (non-hydrogen) atoms. The van der Waals surface area contributed by atoms with E-state index in [-0.39, 0.29) is 18.1 Å². The molecule has 12 heteroatoms. The van der Waals surface area contributed by atoms with E-state index in [1.54, 1.807) is 30.6 Å². The van der Waals surface area contributed by atoms with Gasteiger partial charge >= 0.3 is 0 Å². The van der Waals surface area contributed by atoms with Gasteiger partial charge in [0.2, 0.25) is 16.0 Å². The second-order valence-electron chi connectivity index (χ2n) is 6.95. The Morgan fingerprint density at radius 3 is 2.57 bits per heavy atom. The van der Waals surface area contributed by atoms with Crippen LogP contribution in [-0.2, 0) is 10.0 Å². The number of likely N-dealkylation sites (N-methyl/N-ethyl adjacent to an activating group) is 1. The van der Waals surface area contributed by atoms with Crippen molar-refractivity contribution in [3.8, 4) is 0 Å². The van der Waals surface area contributed by atoms with Gasteiger partial charge in [-0.3, -0.25) is 4.72 Å². The van der Waals surface area contributed by atoms with Crippen LogP contribution in [0.25, 0.3) is 11.2 Å². The number of hydrogen-bond donors (Lipinski definition) is 2. The van der Waals surface area contributed by atoms with Crippen LogP contribution in [0.1, 0.15) is 0 Å². The topological polar surface area (TPSA) is 129 Å². The van der Waals surface area contributed by atoms with E-state index in [1.807, 2.05) is 0 Å². The molecule has 1 aliphatic rings. The average Bonchev–Trinajstić information content (AvgIpc) is 2.74. The Bertz CT molecular complexity index is 1100. The lowest BCUT2D eigenvalue weighted by Gasteiger charge is -2.32. The summed E-state index contributed by atoms with van der Waals surface area (Å²) < 4.78 is 27.1. The monoisotopic (exact) mass is 429 g/mol. The van der Waals surface area contributed by atoms with Gasteiger partial charge in [0.05, 0.1) is 5.75 Å². The maximum Gasteiger partial charge on any atom is 0.235 e. The van der Waals surface area contributed by atoms with Gasteiger partial charge in [-0.2, -0.15) is 9.97 Å². The molecule has 0 saturated carbocycles.